The Morgan fingerprint density at radius 1 is 1.08 bits per heavy atom. The first-order valence-corrected chi connectivity index (χ1v) is 8.12. The molecule has 126 valence electrons. The van der Waals surface area contributed by atoms with Gasteiger partial charge in [-0.25, -0.2) is 9.97 Å². The molecule has 3 aromatic rings. The summed E-state index contributed by atoms with van der Waals surface area (Å²) in [4.78, 5) is 15.1. The average Bonchev–Trinajstić information content (AvgIpc) is 2.99. The highest BCUT2D eigenvalue weighted by Crippen LogP contribution is 2.31. The van der Waals surface area contributed by atoms with Gasteiger partial charge in [-0.3, -0.25) is 0 Å². The summed E-state index contributed by atoms with van der Waals surface area (Å²) in [6.07, 6.45) is 3.72. The van der Waals surface area contributed by atoms with E-state index in [9.17, 15) is 5.11 Å². The summed E-state index contributed by atoms with van der Waals surface area (Å²) in [6, 6.07) is 9.29. The molecule has 0 atom stereocenters. The molecule has 0 bridgehead atoms. The van der Waals surface area contributed by atoms with Gasteiger partial charge in [-0.05, 0) is 44.4 Å². The zero-order valence-electron chi connectivity index (χ0n) is 13.6. The second kappa shape index (κ2) is 6.69. The second-order valence-electron chi connectivity index (χ2n) is 6.14. The summed E-state index contributed by atoms with van der Waals surface area (Å²) in [5, 5.41) is 9.70. The summed E-state index contributed by atoms with van der Waals surface area (Å²) < 4.78 is 0. The van der Waals surface area contributed by atoms with E-state index in [4.69, 9.17) is 0 Å². The first kappa shape index (κ1) is 16.6. The topological polar surface area (TPSA) is 65.0 Å². The second-order valence-corrected chi connectivity index (χ2v) is 6.14. The van der Waals surface area contributed by atoms with Crippen molar-refractivity contribution in [3.8, 4) is 17.0 Å². The molecule has 0 radical (unpaired) electrons. The van der Waals surface area contributed by atoms with Crippen LogP contribution in [-0.2, 0) is 0 Å². The molecule has 1 aliphatic rings. The van der Waals surface area contributed by atoms with Crippen LogP contribution in [-0.4, -0.2) is 33.1 Å². The number of benzene rings is 1. The van der Waals surface area contributed by atoms with Crippen LogP contribution in [0.4, 0.5) is 5.82 Å². The average molecular weight is 345 g/mol. The number of anilines is 1. The van der Waals surface area contributed by atoms with Crippen molar-refractivity contribution in [1.82, 2.24) is 15.0 Å². The van der Waals surface area contributed by atoms with E-state index < -0.39 is 0 Å². The number of piperidine rings is 1. The van der Waals surface area contributed by atoms with Crippen molar-refractivity contribution in [1.29, 1.82) is 0 Å². The van der Waals surface area contributed by atoms with E-state index in [1.165, 1.54) is 19.3 Å². The van der Waals surface area contributed by atoms with Crippen molar-refractivity contribution in [3.63, 3.8) is 0 Å². The monoisotopic (exact) mass is 344 g/mol. The van der Waals surface area contributed by atoms with E-state index in [1.54, 1.807) is 12.1 Å². The van der Waals surface area contributed by atoms with Gasteiger partial charge in [0.2, 0.25) is 0 Å². The number of aromatic nitrogens is 3. The molecule has 0 unspecified atom stereocenters. The van der Waals surface area contributed by atoms with E-state index in [0.717, 1.165) is 47.0 Å². The molecule has 2 aromatic heterocycles. The Morgan fingerprint density at radius 2 is 1.88 bits per heavy atom. The highest BCUT2D eigenvalue weighted by Gasteiger charge is 2.18. The number of rotatable bonds is 2. The van der Waals surface area contributed by atoms with Crippen LogP contribution >= 0.6 is 12.4 Å². The minimum atomic E-state index is 0. The zero-order chi connectivity index (χ0) is 15.8. The van der Waals surface area contributed by atoms with Crippen molar-refractivity contribution >= 4 is 29.3 Å². The summed E-state index contributed by atoms with van der Waals surface area (Å²) in [5.41, 5.74) is 3.81. The Labute approximate surface area is 147 Å². The lowest BCUT2D eigenvalue weighted by atomic mass is 10.1. The Morgan fingerprint density at radius 3 is 2.62 bits per heavy atom. The lowest BCUT2D eigenvalue weighted by Crippen LogP contribution is -2.30. The maximum atomic E-state index is 9.70. The molecule has 0 aliphatic carbocycles. The zero-order valence-corrected chi connectivity index (χ0v) is 14.4. The van der Waals surface area contributed by atoms with Gasteiger partial charge in [0.05, 0.1) is 5.52 Å². The highest BCUT2D eigenvalue weighted by atomic mass is 35.5. The predicted molar refractivity (Wildman–Crippen MR) is 99.0 cm³/mol. The van der Waals surface area contributed by atoms with E-state index in [0.29, 0.717) is 0 Å². The smallest absolute Gasteiger partial charge is 0.156 e. The summed E-state index contributed by atoms with van der Waals surface area (Å²) in [7, 11) is 0. The first-order valence-electron chi connectivity index (χ1n) is 8.12. The number of H-pyrrole nitrogens is 1. The molecular formula is C18H21ClN4O. The Hall–Kier alpha value is -2.27. The van der Waals surface area contributed by atoms with Crippen molar-refractivity contribution in [2.24, 2.45) is 0 Å². The summed E-state index contributed by atoms with van der Waals surface area (Å²) >= 11 is 0. The first-order chi connectivity index (χ1) is 11.2. The molecule has 3 heterocycles. The third-order valence-electron chi connectivity index (χ3n) is 4.38. The number of phenols is 1. The largest absolute Gasteiger partial charge is 0.508 e. The van der Waals surface area contributed by atoms with Gasteiger partial charge in [0.25, 0.3) is 0 Å². The maximum Gasteiger partial charge on any atom is 0.156 e. The Bertz CT molecular complexity index is 855. The number of nitrogens with one attached hydrogen (secondary N) is 1. The molecule has 0 saturated carbocycles. The number of phenolic OH excluding ortho intramolecular Hbond substituents is 1. The van der Waals surface area contributed by atoms with Crippen molar-refractivity contribution in [2.45, 2.75) is 26.2 Å². The van der Waals surface area contributed by atoms with Crippen molar-refractivity contribution in [2.75, 3.05) is 18.0 Å². The molecule has 24 heavy (non-hydrogen) atoms. The van der Waals surface area contributed by atoms with Crippen molar-refractivity contribution < 1.29 is 5.11 Å². The minimum Gasteiger partial charge on any atom is -0.508 e. The van der Waals surface area contributed by atoms with Crippen LogP contribution in [0.5, 0.6) is 5.75 Å². The number of aromatic hydroxyl groups is 1. The number of hydrogen-bond acceptors (Lipinski definition) is 4. The van der Waals surface area contributed by atoms with Crippen LogP contribution in [0.2, 0.25) is 0 Å². The molecule has 1 aliphatic heterocycles. The number of aromatic amines is 1. The van der Waals surface area contributed by atoms with E-state index in [-0.39, 0.29) is 18.2 Å². The van der Waals surface area contributed by atoms with Crippen LogP contribution < -0.4 is 4.90 Å². The lowest BCUT2D eigenvalue weighted by Gasteiger charge is -2.28. The molecule has 5 nitrogen and oxygen atoms in total. The third kappa shape index (κ3) is 3.04. The third-order valence-corrected chi connectivity index (χ3v) is 4.38. The van der Waals surface area contributed by atoms with Gasteiger partial charge in [0.15, 0.2) is 5.82 Å². The fourth-order valence-electron chi connectivity index (χ4n) is 3.27. The van der Waals surface area contributed by atoms with Crippen LogP contribution in [0.3, 0.4) is 0 Å². The lowest BCUT2D eigenvalue weighted by molar-refractivity contribution is 0.475. The molecule has 1 saturated heterocycles. The standard InChI is InChI=1S/C18H20N4O.ClH/c1-12-19-16-11-15(13-6-5-7-14(23)10-13)21-17(16)18(20-12)22-8-3-2-4-9-22;/h5-7,10-11,21,23H,2-4,8-9H2,1H3;1H. The number of nitrogens with zero attached hydrogens (tertiary/aromatic N) is 3. The van der Waals surface area contributed by atoms with Crippen LogP contribution in [0.15, 0.2) is 30.3 Å². The fraction of sp³-hybridized carbons (Fsp3) is 0.333. The Balaban J connectivity index is 0.00000169. The predicted octanol–water partition coefficient (Wildman–Crippen LogP) is 4.05. The molecule has 0 amide bonds. The van der Waals surface area contributed by atoms with Gasteiger partial charge in [0, 0.05) is 24.3 Å². The van der Waals surface area contributed by atoms with Gasteiger partial charge in [-0.1, -0.05) is 12.1 Å². The number of aryl methyl sites for hydroxylation is 1. The van der Waals surface area contributed by atoms with Gasteiger partial charge in [-0.2, -0.15) is 0 Å². The van der Waals surface area contributed by atoms with Crippen molar-refractivity contribution in [3.05, 3.63) is 36.2 Å². The molecule has 4 rings (SSSR count). The summed E-state index contributed by atoms with van der Waals surface area (Å²) in [5.74, 6) is 2.05. The van der Waals surface area contributed by atoms with Crippen LogP contribution in [0.1, 0.15) is 25.1 Å². The van der Waals surface area contributed by atoms with E-state index in [2.05, 4.69) is 19.9 Å². The Kier molecular flexibility index (Phi) is 4.62. The number of halogens is 1. The fourth-order valence-corrected chi connectivity index (χ4v) is 3.27. The molecule has 0 spiro atoms. The van der Waals surface area contributed by atoms with Gasteiger partial charge in [0.1, 0.15) is 17.1 Å². The summed E-state index contributed by atoms with van der Waals surface area (Å²) in [6.45, 7) is 4.03. The van der Waals surface area contributed by atoms with E-state index >= 15 is 0 Å². The minimum absolute atomic E-state index is 0. The van der Waals surface area contributed by atoms with Crippen LogP contribution in [0.25, 0.3) is 22.3 Å². The maximum absolute atomic E-state index is 9.70. The molecule has 1 aromatic carbocycles. The van der Waals surface area contributed by atoms with Gasteiger partial charge < -0.3 is 15.0 Å². The molecule has 2 N–H and O–H groups in total. The highest BCUT2D eigenvalue weighted by molar-refractivity contribution is 5.91. The normalized spacial score (nSPS) is 14.6. The van der Waals surface area contributed by atoms with Crippen LogP contribution in [0, 0.1) is 6.92 Å². The molecular weight excluding hydrogens is 324 g/mol. The number of hydrogen-bond donors (Lipinski definition) is 2. The molecule has 6 heteroatoms. The van der Waals surface area contributed by atoms with Gasteiger partial charge in [-0.15, -0.1) is 12.4 Å². The molecule has 1 fully saturated rings. The SMILES string of the molecule is Cc1nc(N2CCCCC2)c2[nH]c(-c3cccc(O)c3)cc2n1.Cl. The quantitative estimate of drug-likeness (QED) is 0.736. The number of fused-ring (bicyclic) bond motifs is 1. The van der Waals surface area contributed by atoms with Gasteiger partial charge >= 0.3 is 0 Å². The van der Waals surface area contributed by atoms with E-state index in [1.807, 2.05) is 25.1 Å².